The maximum atomic E-state index is 12.3. The van der Waals surface area contributed by atoms with Crippen LogP contribution in [0.2, 0.25) is 0 Å². The molecule has 114 valence electrons. The Hall–Kier alpha value is -1.96. The van der Waals surface area contributed by atoms with Gasteiger partial charge >= 0.3 is 5.97 Å². The molecule has 0 aliphatic heterocycles. The Bertz CT molecular complexity index is 650. The Labute approximate surface area is 122 Å². The van der Waals surface area contributed by atoms with Gasteiger partial charge in [0.2, 0.25) is 0 Å². The molecule has 2 rings (SSSR count). The highest BCUT2D eigenvalue weighted by Gasteiger charge is 2.33. The fourth-order valence-corrected chi connectivity index (χ4v) is 2.42. The van der Waals surface area contributed by atoms with E-state index in [4.69, 9.17) is 5.11 Å². The van der Waals surface area contributed by atoms with Gasteiger partial charge in [0.1, 0.15) is 15.5 Å². The third-order valence-corrected chi connectivity index (χ3v) is 4.11. The van der Waals surface area contributed by atoms with Crippen molar-refractivity contribution in [3.8, 4) is 0 Å². The topological polar surface area (TPSA) is 105 Å². The summed E-state index contributed by atoms with van der Waals surface area (Å²) in [5.74, 6) is -1.57. The van der Waals surface area contributed by atoms with Crippen molar-refractivity contribution in [1.82, 2.24) is 9.88 Å². The number of amides is 1. The van der Waals surface area contributed by atoms with Gasteiger partial charge in [-0.25, -0.2) is 13.2 Å². The van der Waals surface area contributed by atoms with Crippen LogP contribution < -0.4 is 0 Å². The van der Waals surface area contributed by atoms with Crippen LogP contribution in [0.5, 0.6) is 0 Å². The lowest BCUT2D eigenvalue weighted by molar-refractivity contribution is 0.0692. The van der Waals surface area contributed by atoms with Crippen molar-refractivity contribution in [2.75, 3.05) is 18.6 Å². The SMILES string of the molecule is CS(=O)(=O)CCN(C(=O)c1ccc(C(=O)O)cn1)C1CC1. The molecule has 1 aromatic heterocycles. The molecule has 8 heteroatoms. The second-order valence-corrected chi connectivity index (χ2v) is 7.36. The molecular formula is C13H16N2O5S. The molecular weight excluding hydrogens is 296 g/mol. The summed E-state index contributed by atoms with van der Waals surface area (Å²) < 4.78 is 22.5. The summed E-state index contributed by atoms with van der Waals surface area (Å²) in [5.41, 5.74) is 0.126. The highest BCUT2D eigenvalue weighted by Crippen LogP contribution is 2.27. The number of aromatic nitrogens is 1. The normalized spacial score (nSPS) is 14.7. The molecule has 1 saturated carbocycles. The molecule has 1 heterocycles. The molecule has 0 spiro atoms. The summed E-state index contributed by atoms with van der Waals surface area (Å²) in [6.45, 7) is 0.130. The standard InChI is InChI=1S/C13H16N2O5S/c1-21(19,20)7-6-15(10-3-4-10)12(16)11-5-2-9(8-14-11)13(17)18/h2,5,8,10H,3-4,6-7H2,1H3,(H,17,18). The van der Waals surface area contributed by atoms with Crippen LogP contribution >= 0.6 is 0 Å². The van der Waals surface area contributed by atoms with Gasteiger partial charge < -0.3 is 10.0 Å². The molecule has 1 aliphatic carbocycles. The lowest BCUT2D eigenvalue weighted by Gasteiger charge is -2.21. The number of carbonyl (C=O) groups is 2. The van der Waals surface area contributed by atoms with E-state index < -0.39 is 15.8 Å². The van der Waals surface area contributed by atoms with Gasteiger partial charge in [-0.2, -0.15) is 0 Å². The first kappa shape index (κ1) is 15.4. The van der Waals surface area contributed by atoms with Gasteiger partial charge in [-0.05, 0) is 25.0 Å². The van der Waals surface area contributed by atoms with Crippen LogP contribution in [0.15, 0.2) is 18.3 Å². The minimum Gasteiger partial charge on any atom is -0.478 e. The first-order valence-electron chi connectivity index (χ1n) is 6.46. The zero-order valence-corrected chi connectivity index (χ0v) is 12.3. The van der Waals surface area contributed by atoms with Crippen molar-refractivity contribution in [3.05, 3.63) is 29.6 Å². The number of rotatable bonds is 6. The highest BCUT2D eigenvalue weighted by atomic mass is 32.2. The minimum absolute atomic E-state index is 0.000609. The van der Waals surface area contributed by atoms with E-state index in [1.165, 1.54) is 17.0 Å². The number of carboxylic acid groups (broad SMARTS) is 1. The molecule has 1 aliphatic rings. The van der Waals surface area contributed by atoms with Crippen LogP contribution in [-0.2, 0) is 9.84 Å². The Morgan fingerprint density at radius 2 is 2.05 bits per heavy atom. The molecule has 0 saturated heterocycles. The van der Waals surface area contributed by atoms with E-state index in [1.54, 1.807) is 0 Å². The van der Waals surface area contributed by atoms with Gasteiger partial charge in [0.05, 0.1) is 11.3 Å². The van der Waals surface area contributed by atoms with Crippen molar-refractivity contribution >= 4 is 21.7 Å². The third kappa shape index (κ3) is 4.25. The maximum absolute atomic E-state index is 12.3. The van der Waals surface area contributed by atoms with Gasteiger partial charge in [-0.15, -0.1) is 0 Å². The summed E-state index contributed by atoms with van der Waals surface area (Å²) in [5, 5.41) is 8.79. The number of carboxylic acids is 1. The maximum Gasteiger partial charge on any atom is 0.337 e. The van der Waals surface area contributed by atoms with Crippen LogP contribution in [0, 0.1) is 0 Å². The average molecular weight is 312 g/mol. The fourth-order valence-electron chi connectivity index (χ4n) is 1.89. The average Bonchev–Trinajstić information content (AvgIpc) is 3.22. The molecule has 1 N–H and O–H groups in total. The quantitative estimate of drug-likeness (QED) is 0.816. The Kier molecular flexibility index (Phi) is 4.26. The number of pyridine rings is 1. The third-order valence-electron chi connectivity index (χ3n) is 3.18. The molecule has 21 heavy (non-hydrogen) atoms. The van der Waals surface area contributed by atoms with E-state index in [9.17, 15) is 18.0 Å². The zero-order valence-electron chi connectivity index (χ0n) is 11.5. The van der Waals surface area contributed by atoms with Crippen molar-refractivity contribution in [3.63, 3.8) is 0 Å². The van der Waals surface area contributed by atoms with Gasteiger partial charge in [-0.1, -0.05) is 0 Å². The van der Waals surface area contributed by atoms with Crippen LogP contribution in [0.25, 0.3) is 0 Å². The van der Waals surface area contributed by atoms with Gasteiger partial charge in [0.25, 0.3) is 5.91 Å². The van der Waals surface area contributed by atoms with E-state index in [0.717, 1.165) is 25.3 Å². The Balaban J connectivity index is 2.12. The summed E-state index contributed by atoms with van der Waals surface area (Å²) in [7, 11) is -3.15. The largest absolute Gasteiger partial charge is 0.478 e. The highest BCUT2D eigenvalue weighted by molar-refractivity contribution is 7.90. The lowest BCUT2D eigenvalue weighted by atomic mass is 10.2. The summed E-state index contributed by atoms with van der Waals surface area (Å²) in [6.07, 6.45) is 3.95. The Morgan fingerprint density at radius 3 is 2.48 bits per heavy atom. The van der Waals surface area contributed by atoms with Crippen LogP contribution in [0.4, 0.5) is 0 Å². The monoisotopic (exact) mass is 312 g/mol. The molecule has 0 atom stereocenters. The van der Waals surface area contributed by atoms with Gasteiger partial charge in [-0.3, -0.25) is 9.78 Å². The van der Waals surface area contributed by atoms with E-state index in [1.807, 2.05) is 0 Å². The first-order chi connectivity index (χ1) is 9.78. The number of sulfone groups is 1. The van der Waals surface area contributed by atoms with Crippen LogP contribution in [0.3, 0.4) is 0 Å². The lowest BCUT2D eigenvalue weighted by Crippen LogP contribution is -2.37. The molecule has 1 amide bonds. The van der Waals surface area contributed by atoms with E-state index in [0.29, 0.717) is 0 Å². The fraction of sp³-hybridized carbons (Fsp3) is 0.462. The summed E-state index contributed by atoms with van der Waals surface area (Å²) >= 11 is 0. The summed E-state index contributed by atoms with van der Waals surface area (Å²) in [4.78, 5) is 28.4. The van der Waals surface area contributed by atoms with Crippen molar-refractivity contribution in [1.29, 1.82) is 0 Å². The molecule has 1 aromatic rings. The first-order valence-corrected chi connectivity index (χ1v) is 8.52. The molecule has 0 aromatic carbocycles. The number of nitrogens with zero attached hydrogens (tertiary/aromatic N) is 2. The van der Waals surface area contributed by atoms with Crippen LogP contribution in [0.1, 0.15) is 33.7 Å². The molecule has 0 bridgehead atoms. The number of carbonyl (C=O) groups excluding carboxylic acids is 1. The Morgan fingerprint density at radius 1 is 1.38 bits per heavy atom. The van der Waals surface area contributed by atoms with Crippen molar-refractivity contribution in [2.24, 2.45) is 0 Å². The van der Waals surface area contributed by atoms with E-state index in [2.05, 4.69) is 4.98 Å². The molecule has 0 radical (unpaired) electrons. The van der Waals surface area contributed by atoms with Crippen molar-refractivity contribution < 1.29 is 23.1 Å². The molecule has 7 nitrogen and oxygen atoms in total. The number of aromatic carboxylic acids is 1. The van der Waals surface area contributed by atoms with E-state index in [-0.39, 0.29) is 35.5 Å². The van der Waals surface area contributed by atoms with Crippen LogP contribution in [-0.4, -0.2) is 59.9 Å². The number of hydrogen-bond donors (Lipinski definition) is 1. The van der Waals surface area contributed by atoms with Crippen molar-refractivity contribution in [2.45, 2.75) is 18.9 Å². The zero-order chi connectivity index (χ0) is 15.6. The smallest absolute Gasteiger partial charge is 0.337 e. The second kappa shape index (κ2) is 5.80. The van der Waals surface area contributed by atoms with Gasteiger partial charge in [0.15, 0.2) is 0 Å². The minimum atomic E-state index is -3.15. The molecule has 1 fully saturated rings. The second-order valence-electron chi connectivity index (χ2n) is 5.10. The van der Waals surface area contributed by atoms with E-state index >= 15 is 0 Å². The predicted molar refractivity (Wildman–Crippen MR) is 75.0 cm³/mol. The predicted octanol–water partition coefficient (Wildman–Crippen LogP) is 0.429. The summed E-state index contributed by atoms with van der Waals surface area (Å²) in [6, 6.07) is 2.71. The van der Waals surface area contributed by atoms with Gasteiger partial charge in [0, 0.05) is 25.0 Å². The number of hydrogen-bond acceptors (Lipinski definition) is 5. The molecule has 0 unspecified atom stereocenters.